The van der Waals surface area contributed by atoms with E-state index in [1.807, 2.05) is 0 Å². The van der Waals surface area contributed by atoms with Crippen LogP contribution in [-0.4, -0.2) is 35.4 Å². The molecule has 0 aliphatic heterocycles. The summed E-state index contributed by atoms with van der Waals surface area (Å²) in [4.78, 5) is 9.92. The van der Waals surface area contributed by atoms with Crippen LogP contribution in [0.15, 0.2) is 0 Å². The van der Waals surface area contributed by atoms with Crippen LogP contribution >= 0.6 is 11.6 Å². The molecule has 0 aromatic rings. The Kier molecular flexibility index (Phi) is 4.79. The number of hydrogen-bond donors (Lipinski definition) is 0. The van der Waals surface area contributed by atoms with E-state index < -0.39 is 41.8 Å². The average Bonchev–Trinajstić information content (AvgIpc) is 2.13. The molecule has 0 saturated carbocycles. The summed E-state index contributed by atoms with van der Waals surface area (Å²) in [5.74, 6) is -19.4. The molecule has 0 saturated heterocycles. The van der Waals surface area contributed by atoms with E-state index in [0.717, 1.165) is 0 Å². The molecule has 12 heteroatoms. The average molecular weight is 329 g/mol. The van der Waals surface area contributed by atoms with Gasteiger partial charge in [0, 0.05) is 0 Å². The van der Waals surface area contributed by atoms with Crippen LogP contribution in [0, 0.1) is 0 Å². The Morgan fingerprint density at radius 2 is 1.32 bits per heavy atom. The molecule has 114 valence electrons. The topological polar surface area (TPSA) is 17.1 Å². The highest BCUT2D eigenvalue weighted by Gasteiger charge is 2.77. The summed E-state index contributed by atoms with van der Waals surface area (Å²) in [6, 6.07) is 0. The number of halogens is 11. The zero-order valence-corrected chi connectivity index (χ0v) is 9.11. The third-order valence-electron chi connectivity index (χ3n) is 1.86. The van der Waals surface area contributed by atoms with Crippen molar-refractivity contribution in [2.45, 2.75) is 36.5 Å². The minimum atomic E-state index is -6.72. The fraction of sp³-hybridized carbons (Fsp3) is 0.857. The van der Waals surface area contributed by atoms with Crippen LogP contribution in [0.5, 0.6) is 0 Å². The van der Waals surface area contributed by atoms with Crippen molar-refractivity contribution >= 4 is 16.8 Å². The van der Waals surface area contributed by atoms with E-state index in [9.17, 15) is 48.7 Å². The lowest BCUT2D eigenvalue weighted by Gasteiger charge is -2.32. The Labute approximate surface area is 103 Å². The quantitative estimate of drug-likeness (QED) is 0.552. The first-order valence-electron chi connectivity index (χ1n) is 4.11. The number of carbonyl (C=O) groups is 1. The number of hydrogen-bond acceptors (Lipinski definition) is 1. The van der Waals surface area contributed by atoms with Gasteiger partial charge in [0.15, 0.2) is 6.17 Å². The van der Waals surface area contributed by atoms with Gasteiger partial charge in [0.05, 0.1) is 6.42 Å². The fourth-order valence-electron chi connectivity index (χ4n) is 0.861. The van der Waals surface area contributed by atoms with E-state index in [1.54, 1.807) is 0 Å². The minimum Gasteiger partial charge on any atom is -0.274 e. The number of carbonyl (C=O) groups excluding carboxylic acids is 1. The molecule has 19 heavy (non-hydrogen) atoms. The maximum absolute atomic E-state index is 12.7. The van der Waals surface area contributed by atoms with Crippen LogP contribution in [-0.2, 0) is 4.79 Å². The van der Waals surface area contributed by atoms with Crippen LogP contribution in [0.1, 0.15) is 6.42 Å². The lowest BCUT2D eigenvalue weighted by Crippen LogP contribution is -2.61. The van der Waals surface area contributed by atoms with Gasteiger partial charge in [-0.1, -0.05) is 0 Å². The monoisotopic (exact) mass is 328 g/mol. The third kappa shape index (κ3) is 3.42. The van der Waals surface area contributed by atoms with Gasteiger partial charge in [0.1, 0.15) is 0 Å². The summed E-state index contributed by atoms with van der Waals surface area (Å²) in [7, 11) is 0. The lowest BCUT2D eigenvalue weighted by molar-refractivity contribution is -0.318. The van der Waals surface area contributed by atoms with Crippen LogP contribution in [0.25, 0.3) is 0 Å². The molecule has 0 spiro atoms. The molecule has 0 aliphatic carbocycles. The maximum atomic E-state index is 12.7. The molecule has 0 rings (SSSR count). The first kappa shape index (κ1) is 18.3. The summed E-state index contributed by atoms with van der Waals surface area (Å²) in [5.41, 5.74) is 0. The highest BCUT2D eigenvalue weighted by molar-refractivity contribution is 6.65. The molecule has 0 radical (unpaired) electrons. The van der Waals surface area contributed by atoms with Crippen LogP contribution in [0.3, 0.4) is 0 Å². The second kappa shape index (κ2) is 4.98. The number of alkyl halides is 10. The van der Waals surface area contributed by atoms with Gasteiger partial charge in [-0.2, -0.15) is 39.5 Å². The van der Waals surface area contributed by atoms with Gasteiger partial charge in [-0.15, -0.1) is 0 Å². The fourth-order valence-corrected chi connectivity index (χ4v) is 0.980. The Morgan fingerprint density at radius 1 is 0.947 bits per heavy atom. The van der Waals surface area contributed by atoms with Crippen LogP contribution < -0.4 is 0 Å². The summed E-state index contributed by atoms with van der Waals surface area (Å²) in [6.07, 6.45) is -13.4. The van der Waals surface area contributed by atoms with Crippen molar-refractivity contribution in [2.75, 3.05) is 0 Å². The summed E-state index contributed by atoms with van der Waals surface area (Å²) in [5, 5.41) is -3.25. The van der Waals surface area contributed by atoms with E-state index in [2.05, 4.69) is 11.6 Å². The van der Waals surface area contributed by atoms with E-state index in [1.165, 1.54) is 0 Å². The van der Waals surface area contributed by atoms with Crippen molar-refractivity contribution in [2.24, 2.45) is 0 Å². The first-order chi connectivity index (χ1) is 8.07. The molecular formula is C7H3ClF10O. The van der Waals surface area contributed by atoms with Crippen molar-refractivity contribution in [3.05, 3.63) is 0 Å². The molecule has 1 nitrogen and oxygen atoms in total. The predicted octanol–water partition coefficient (Wildman–Crippen LogP) is 3.95. The molecule has 0 amide bonds. The molecule has 0 bridgehead atoms. The van der Waals surface area contributed by atoms with Crippen LogP contribution in [0.2, 0.25) is 0 Å². The van der Waals surface area contributed by atoms with Gasteiger partial charge < -0.3 is 0 Å². The highest BCUT2D eigenvalue weighted by Crippen LogP contribution is 2.50. The third-order valence-corrected chi connectivity index (χ3v) is 2.10. The molecule has 1 atom stereocenters. The van der Waals surface area contributed by atoms with Crippen molar-refractivity contribution < 1.29 is 48.7 Å². The zero-order chi connectivity index (χ0) is 15.9. The van der Waals surface area contributed by atoms with Gasteiger partial charge in [-0.25, -0.2) is 4.39 Å². The number of rotatable bonds is 5. The summed E-state index contributed by atoms with van der Waals surface area (Å²) >= 11 is 3.95. The minimum absolute atomic E-state index is 3.10. The van der Waals surface area contributed by atoms with Gasteiger partial charge in [0.2, 0.25) is 0 Å². The SMILES string of the molecule is O=C(Cl)C(F)(F)C(F)(F)C(F)(F)C(F)CC(F)(F)F. The van der Waals surface area contributed by atoms with E-state index in [4.69, 9.17) is 0 Å². The second-order valence-electron chi connectivity index (χ2n) is 3.33. The Balaban J connectivity index is 5.45. The van der Waals surface area contributed by atoms with Crippen molar-refractivity contribution in [1.29, 1.82) is 0 Å². The maximum Gasteiger partial charge on any atom is 0.392 e. The van der Waals surface area contributed by atoms with Crippen molar-refractivity contribution in [3.8, 4) is 0 Å². The van der Waals surface area contributed by atoms with Crippen LogP contribution in [0.4, 0.5) is 43.9 Å². The van der Waals surface area contributed by atoms with Gasteiger partial charge in [0.25, 0.3) is 5.24 Å². The molecule has 1 unspecified atom stereocenters. The van der Waals surface area contributed by atoms with E-state index >= 15 is 0 Å². The molecule has 0 fully saturated rings. The second-order valence-corrected chi connectivity index (χ2v) is 3.68. The smallest absolute Gasteiger partial charge is 0.274 e. The standard InChI is InChI=1S/C7H3ClF10O/c8-3(19)6(15,16)7(17,18)5(13,14)2(9)1-4(10,11)12/h2H,1H2. The predicted molar refractivity (Wildman–Crippen MR) is 41.3 cm³/mol. The lowest BCUT2D eigenvalue weighted by atomic mass is 9.99. The molecular weight excluding hydrogens is 326 g/mol. The van der Waals surface area contributed by atoms with Crippen molar-refractivity contribution in [3.63, 3.8) is 0 Å². The summed E-state index contributed by atoms with van der Waals surface area (Å²) < 4.78 is 123. The molecule has 0 aromatic heterocycles. The Hall–Kier alpha value is -0.740. The zero-order valence-electron chi connectivity index (χ0n) is 8.35. The van der Waals surface area contributed by atoms with Gasteiger partial charge in [-0.3, -0.25) is 4.79 Å². The molecule has 0 heterocycles. The molecule has 0 aliphatic rings. The largest absolute Gasteiger partial charge is 0.392 e. The highest BCUT2D eigenvalue weighted by atomic mass is 35.5. The normalized spacial score (nSPS) is 16.4. The van der Waals surface area contributed by atoms with Gasteiger partial charge in [-0.05, 0) is 11.6 Å². The Morgan fingerprint density at radius 3 is 1.58 bits per heavy atom. The van der Waals surface area contributed by atoms with E-state index in [0.29, 0.717) is 0 Å². The van der Waals surface area contributed by atoms with E-state index in [-0.39, 0.29) is 0 Å². The molecule has 0 N–H and O–H groups in total. The first-order valence-corrected chi connectivity index (χ1v) is 4.49. The Bertz CT molecular complexity index is 348. The summed E-state index contributed by atoms with van der Waals surface area (Å²) in [6.45, 7) is 0. The van der Waals surface area contributed by atoms with Crippen molar-refractivity contribution in [1.82, 2.24) is 0 Å². The molecule has 0 aromatic carbocycles. The van der Waals surface area contributed by atoms with Gasteiger partial charge >= 0.3 is 23.9 Å².